The average molecular weight is 199 g/mol. The first kappa shape index (κ1) is 12.0. The van der Waals surface area contributed by atoms with Gasteiger partial charge in [-0.2, -0.15) is 0 Å². The maximum Gasteiger partial charge on any atom is 0.0655 e. The Hall–Kier alpha value is -0.0800. The van der Waals surface area contributed by atoms with E-state index in [0.29, 0.717) is 6.10 Å². The summed E-state index contributed by atoms with van der Waals surface area (Å²) in [6, 6.07) is 0. The molecule has 0 bridgehead atoms. The van der Waals surface area contributed by atoms with Gasteiger partial charge in [0.1, 0.15) is 0 Å². The van der Waals surface area contributed by atoms with Crippen molar-refractivity contribution in [1.82, 2.24) is 5.32 Å². The highest BCUT2D eigenvalue weighted by Gasteiger charge is 2.46. The van der Waals surface area contributed by atoms with E-state index in [4.69, 9.17) is 4.74 Å². The normalized spacial score (nSPS) is 30.2. The third kappa shape index (κ3) is 2.12. The molecule has 0 aliphatic carbocycles. The predicted molar refractivity (Wildman–Crippen MR) is 60.5 cm³/mol. The first-order valence-corrected chi connectivity index (χ1v) is 5.78. The van der Waals surface area contributed by atoms with Gasteiger partial charge in [0, 0.05) is 17.6 Å². The molecule has 0 aromatic heterocycles. The van der Waals surface area contributed by atoms with Crippen molar-refractivity contribution in [2.24, 2.45) is 5.41 Å². The maximum absolute atomic E-state index is 5.94. The first-order chi connectivity index (χ1) is 6.42. The minimum atomic E-state index is 0.170. The fourth-order valence-corrected chi connectivity index (χ4v) is 2.06. The van der Waals surface area contributed by atoms with Gasteiger partial charge in [0.25, 0.3) is 0 Å². The number of hydrogen-bond donors (Lipinski definition) is 1. The van der Waals surface area contributed by atoms with Crippen LogP contribution in [-0.2, 0) is 4.74 Å². The van der Waals surface area contributed by atoms with Crippen molar-refractivity contribution in [3.05, 3.63) is 0 Å². The highest BCUT2D eigenvalue weighted by Crippen LogP contribution is 2.39. The number of rotatable bonds is 3. The molecule has 1 atom stereocenters. The Labute approximate surface area is 88.4 Å². The van der Waals surface area contributed by atoms with Gasteiger partial charge in [0.2, 0.25) is 0 Å². The molecule has 84 valence electrons. The van der Waals surface area contributed by atoms with Crippen LogP contribution in [0.4, 0.5) is 0 Å². The lowest BCUT2D eigenvalue weighted by Gasteiger charge is -2.51. The standard InChI is InChI=1S/C12H25NO/c1-6-9-14-10-7-8-13-12(4,5)11(10,2)3/h10,13H,6-9H2,1-5H3. The van der Waals surface area contributed by atoms with E-state index in [2.05, 4.69) is 39.9 Å². The van der Waals surface area contributed by atoms with Crippen LogP contribution in [0, 0.1) is 5.41 Å². The monoisotopic (exact) mass is 199 g/mol. The zero-order valence-electron chi connectivity index (χ0n) is 10.3. The molecule has 1 rings (SSSR count). The van der Waals surface area contributed by atoms with E-state index in [1.165, 1.54) is 0 Å². The summed E-state index contributed by atoms with van der Waals surface area (Å²) in [5.74, 6) is 0. The van der Waals surface area contributed by atoms with Crippen molar-refractivity contribution in [3.63, 3.8) is 0 Å². The van der Waals surface area contributed by atoms with Crippen LogP contribution in [0.5, 0.6) is 0 Å². The molecule has 14 heavy (non-hydrogen) atoms. The fraction of sp³-hybridized carbons (Fsp3) is 1.00. The molecule has 0 radical (unpaired) electrons. The highest BCUT2D eigenvalue weighted by molar-refractivity contribution is 5.01. The van der Waals surface area contributed by atoms with E-state index in [1.54, 1.807) is 0 Å². The molecule has 2 nitrogen and oxygen atoms in total. The van der Waals surface area contributed by atoms with Crippen LogP contribution in [-0.4, -0.2) is 24.8 Å². The zero-order chi connectivity index (χ0) is 10.8. The largest absolute Gasteiger partial charge is 0.378 e. The Kier molecular flexibility index (Phi) is 3.59. The molecule has 0 amide bonds. The van der Waals surface area contributed by atoms with Gasteiger partial charge in [-0.1, -0.05) is 20.8 Å². The third-order valence-electron chi connectivity index (χ3n) is 3.91. The van der Waals surface area contributed by atoms with Crippen LogP contribution < -0.4 is 5.32 Å². The molecule has 1 N–H and O–H groups in total. The van der Waals surface area contributed by atoms with E-state index < -0.39 is 0 Å². The summed E-state index contributed by atoms with van der Waals surface area (Å²) in [6.45, 7) is 13.3. The lowest BCUT2D eigenvalue weighted by atomic mass is 9.67. The Morgan fingerprint density at radius 1 is 1.29 bits per heavy atom. The molecule has 1 fully saturated rings. The van der Waals surface area contributed by atoms with Crippen molar-refractivity contribution in [2.75, 3.05) is 13.2 Å². The number of hydrogen-bond acceptors (Lipinski definition) is 2. The molecule has 1 saturated heterocycles. The van der Waals surface area contributed by atoms with Gasteiger partial charge in [0.15, 0.2) is 0 Å². The van der Waals surface area contributed by atoms with Gasteiger partial charge in [-0.3, -0.25) is 0 Å². The van der Waals surface area contributed by atoms with Crippen molar-refractivity contribution >= 4 is 0 Å². The Bertz CT molecular complexity index is 187. The minimum absolute atomic E-state index is 0.170. The molecule has 1 aliphatic rings. The average Bonchev–Trinajstić information content (AvgIpc) is 2.08. The van der Waals surface area contributed by atoms with Gasteiger partial charge in [-0.25, -0.2) is 0 Å². The summed E-state index contributed by atoms with van der Waals surface area (Å²) >= 11 is 0. The number of ether oxygens (including phenoxy) is 1. The summed E-state index contributed by atoms with van der Waals surface area (Å²) in [5.41, 5.74) is 0.379. The quantitative estimate of drug-likeness (QED) is 0.754. The van der Waals surface area contributed by atoms with E-state index in [1.807, 2.05) is 0 Å². The van der Waals surface area contributed by atoms with Crippen molar-refractivity contribution < 1.29 is 4.74 Å². The van der Waals surface area contributed by atoms with E-state index in [0.717, 1.165) is 26.0 Å². The third-order valence-corrected chi connectivity index (χ3v) is 3.91. The summed E-state index contributed by atoms with van der Waals surface area (Å²) in [5, 5.41) is 3.58. The Morgan fingerprint density at radius 2 is 1.93 bits per heavy atom. The number of piperidine rings is 1. The van der Waals surface area contributed by atoms with Gasteiger partial charge in [-0.05, 0) is 33.2 Å². The molecule has 1 unspecified atom stereocenters. The molecule has 0 aromatic carbocycles. The van der Waals surface area contributed by atoms with Crippen LogP contribution in [0.25, 0.3) is 0 Å². The summed E-state index contributed by atoms with van der Waals surface area (Å²) in [7, 11) is 0. The van der Waals surface area contributed by atoms with E-state index in [-0.39, 0.29) is 11.0 Å². The number of nitrogens with one attached hydrogen (secondary N) is 1. The van der Waals surface area contributed by atoms with Crippen LogP contribution in [0.1, 0.15) is 47.5 Å². The molecule has 0 aromatic rings. The predicted octanol–water partition coefficient (Wildman–Crippen LogP) is 2.58. The summed E-state index contributed by atoms with van der Waals surface area (Å²) in [4.78, 5) is 0. The maximum atomic E-state index is 5.94. The topological polar surface area (TPSA) is 21.3 Å². The fourth-order valence-electron chi connectivity index (χ4n) is 2.06. The lowest BCUT2D eigenvalue weighted by molar-refractivity contribution is -0.0866. The van der Waals surface area contributed by atoms with E-state index in [9.17, 15) is 0 Å². The molecule has 0 spiro atoms. The molecule has 1 aliphatic heterocycles. The second-order valence-electron chi connectivity index (χ2n) is 5.42. The van der Waals surface area contributed by atoms with Gasteiger partial charge in [-0.15, -0.1) is 0 Å². The van der Waals surface area contributed by atoms with Gasteiger partial charge < -0.3 is 10.1 Å². The zero-order valence-corrected chi connectivity index (χ0v) is 10.3. The van der Waals surface area contributed by atoms with Gasteiger partial charge in [0.05, 0.1) is 6.10 Å². The van der Waals surface area contributed by atoms with Crippen molar-refractivity contribution in [3.8, 4) is 0 Å². The summed E-state index contributed by atoms with van der Waals surface area (Å²) in [6.07, 6.45) is 2.65. The van der Waals surface area contributed by atoms with Crippen molar-refractivity contribution in [2.45, 2.75) is 59.1 Å². The van der Waals surface area contributed by atoms with Crippen LogP contribution in [0.15, 0.2) is 0 Å². The van der Waals surface area contributed by atoms with Crippen molar-refractivity contribution in [1.29, 1.82) is 0 Å². The SMILES string of the molecule is CCCOC1CCNC(C)(C)C1(C)C. The molecular formula is C12H25NO. The second-order valence-corrected chi connectivity index (χ2v) is 5.42. The first-order valence-electron chi connectivity index (χ1n) is 5.78. The Balaban J connectivity index is 2.66. The molecule has 1 heterocycles. The lowest BCUT2D eigenvalue weighted by Crippen LogP contribution is -2.61. The van der Waals surface area contributed by atoms with Crippen LogP contribution in [0.3, 0.4) is 0 Å². The Morgan fingerprint density at radius 3 is 2.50 bits per heavy atom. The van der Waals surface area contributed by atoms with Crippen LogP contribution >= 0.6 is 0 Å². The smallest absolute Gasteiger partial charge is 0.0655 e. The van der Waals surface area contributed by atoms with E-state index >= 15 is 0 Å². The molecule has 2 heteroatoms. The summed E-state index contributed by atoms with van der Waals surface area (Å²) < 4.78 is 5.94. The molecule has 0 saturated carbocycles. The van der Waals surface area contributed by atoms with Gasteiger partial charge >= 0.3 is 0 Å². The van der Waals surface area contributed by atoms with Crippen LogP contribution in [0.2, 0.25) is 0 Å². The second kappa shape index (κ2) is 4.19. The highest BCUT2D eigenvalue weighted by atomic mass is 16.5. The minimum Gasteiger partial charge on any atom is -0.378 e. The molecular weight excluding hydrogens is 174 g/mol.